The van der Waals surface area contributed by atoms with Crippen LogP contribution in [0.25, 0.3) is 0 Å². The average molecular weight is 389 g/mol. The van der Waals surface area contributed by atoms with Crippen molar-refractivity contribution in [2.45, 2.75) is 24.7 Å². The van der Waals surface area contributed by atoms with Crippen LogP contribution in [-0.2, 0) is 4.79 Å². The van der Waals surface area contributed by atoms with E-state index in [1.807, 2.05) is 0 Å². The molecule has 0 unspecified atom stereocenters. The molecule has 3 rings (SSSR count). The van der Waals surface area contributed by atoms with Crippen LogP contribution in [0.2, 0.25) is 6.32 Å². The largest absolute Gasteiger partial charge is 0.480 e. The summed E-state index contributed by atoms with van der Waals surface area (Å²) in [6, 6.07) is 1.60. The van der Waals surface area contributed by atoms with Crippen LogP contribution in [-0.4, -0.2) is 56.8 Å². The third-order valence-corrected chi connectivity index (χ3v) is 5.04. The Morgan fingerprint density at radius 3 is 2.61 bits per heavy atom. The van der Waals surface area contributed by atoms with Crippen LogP contribution >= 0.6 is 0 Å². The van der Waals surface area contributed by atoms with E-state index in [1.54, 1.807) is 6.07 Å². The number of carboxylic acid groups (broad SMARTS) is 1. The predicted octanol–water partition coefficient (Wildman–Crippen LogP) is -1.71. The Kier molecular flexibility index (Phi) is 5.45. The molecule has 0 saturated carbocycles. The van der Waals surface area contributed by atoms with Crippen molar-refractivity contribution in [2.75, 3.05) is 23.3 Å². The SMILES string of the molecule is N[C@@]1(C(=O)O)CN(c2c(Nc3ncccn3)c(=O)c2=O)C[C@@H]1CCCB(O)O. The Balaban J connectivity index is 1.83. The lowest BCUT2D eigenvalue weighted by Gasteiger charge is -2.25. The lowest BCUT2D eigenvalue weighted by Crippen LogP contribution is -2.55. The van der Waals surface area contributed by atoms with E-state index in [0.29, 0.717) is 12.8 Å². The fourth-order valence-corrected chi connectivity index (χ4v) is 3.52. The smallest absolute Gasteiger partial charge is 0.451 e. The maximum atomic E-state index is 12.2. The maximum Gasteiger partial charge on any atom is 0.451 e. The van der Waals surface area contributed by atoms with E-state index < -0.39 is 35.4 Å². The second-order valence-electron chi connectivity index (χ2n) is 6.91. The van der Waals surface area contributed by atoms with E-state index in [-0.39, 0.29) is 36.7 Å². The van der Waals surface area contributed by atoms with Crippen molar-refractivity contribution >= 4 is 30.4 Å². The first-order valence-electron chi connectivity index (χ1n) is 8.74. The fourth-order valence-electron chi connectivity index (χ4n) is 3.52. The molecule has 0 bridgehead atoms. The molecule has 0 radical (unpaired) electrons. The Morgan fingerprint density at radius 1 is 1.32 bits per heavy atom. The highest BCUT2D eigenvalue weighted by atomic mass is 16.4. The first kappa shape index (κ1) is 19.9. The van der Waals surface area contributed by atoms with Gasteiger partial charge < -0.3 is 31.1 Å². The molecule has 1 fully saturated rings. The molecule has 2 atom stereocenters. The summed E-state index contributed by atoms with van der Waals surface area (Å²) in [6.45, 7) is 0.00334. The zero-order valence-corrected chi connectivity index (χ0v) is 14.9. The maximum absolute atomic E-state index is 12.2. The second kappa shape index (κ2) is 7.66. The van der Waals surface area contributed by atoms with Crippen molar-refractivity contribution in [3.8, 4) is 0 Å². The molecule has 1 aliphatic rings. The van der Waals surface area contributed by atoms with Crippen molar-refractivity contribution in [3.63, 3.8) is 0 Å². The minimum absolute atomic E-state index is 0.00960. The van der Waals surface area contributed by atoms with E-state index in [4.69, 9.17) is 15.8 Å². The van der Waals surface area contributed by atoms with Gasteiger partial charge in [0.1, 0.15) is 16.9 Å². The molecule has 12 heteroatoms. The number of hydrogen-bond acceptors (Lipinski definition) is 10. The Hall–Kier alpha value is -2.83. The van der Waals surface area contributed by atoms with Gasteiger partial charge in [-0.3, -0.25) is 14.4 Å². The molecule has 2 heterocycles. The van der Waals surface area contributed by atoms with E-state index in [2.05, 4.69) is 15.3 Å². The Bertz CT molecular complexity index is 931. The van der Waals surface area contributed by atoms with Gasteiger partial charge in [-0.15, -0.1) is 0 Å². The van der Waals surface area contributed by atoms with Crippen LogP contribution in [0.3, 0.4) is 0 Å². The molecule has 1 aromatic carbocycles. The molecule has 0 spiro atoms. The van der Waals surface area contributed by atoms with Crippen LogP contribution < -0.4 is 26.8 Å². The number of carboxylic acids is 1. The second-order valence-corrected chi connectivity index (χ2v) is 6.91. The summed E-state index contributed by atoms with van der Waals surface area (Å²) in [6.07, 6.45) is 3.72. The van der Waals surface area contributed by atoms with Gasteiger partial charge in [0.05, 0.1) is 0 Å². The molecule has 6 N–H and O–H groups in total. The third kappa shape index (κ3) is 3.61. The van der Waals surface area contributed by atoms with Crippen molar-refractivity contribution in [1.82, 2.24) is 9.97 Å². The summed E-state index contributed by atoms with van der Waals surface area (Å²) in [4.78, 5) is 45.3. The van der Waals surface area contributed by atoms with E-state index in [0.717, 1.165) is 0 Å². The molecule has 0 aliphatic carbocycles. The molecule has 148 valence electrons. The number of hydrogen-bond donors (Lipinski definition) is 5. The number of nitrogens with one attached hydrogen (secondary N) is 1. The molecule has 0 amide bonds. The predicted molar refractivity (Wildman–Crippen MR) is 101 cm³/mol. The number of aliphatic carboxylic acids is 1. The molecular formula is C16H20BN5O6. The first-order chi connectivity index (χ1) is 13.2. The summed E-state index contributed by atoms with van der Waals surface area (Å²) in [5.74, 6) is -1.61. The minimum Gasteiger partial charge on any atom is -0.480 e. The third-order valence-electron chi connectivity index (χ3n) is 5.04. The number of rotatable bonds is 8. The van der Waals surface area contributed by atoms with Gasteiger partial charge in [-0.25, -0.2) is 9.97 Å². The van der Waals surface area contributed by atoms with Gasteiger partial charge in [-0.05, 0) is 18.8 Å². The van der Waals surface area contributed by atoms with Gasteiger partial charge in [-0.2, -0.15) is 0 Å². The summed E-state index contributed by atoms with van der Waals surface area (Å²) >= 11 is 0. The topological polar surface area (TPSA) is 179 Å². The standard InChI is InChI=1S/C16H20BN5O6/c18-16(14(25)26)8-22(7-9(16)3-1-4-17(27)28)11-10(12(23)13(11)24)21-15-19-5-2-6-20-15/h2,5-6,9,27-28H,1,3-4,7-8,18H2,(H,25,26)(H,19,20,21)/t9-,16-/m0/s1. The summed E-state index contributed by atoms with van der Waals surface area (Å²) in [5.41, 5.74) is 3.12. The molecule has 28 heavy (non-hydrogen) atoms. The van der Waals surface area contributed by atoms with Gasteiger partial charge in [0.2, 0.25) is 5.95 Å². The fraction of sp³-hybridized carbons (Fsp3) is 0.438. The van der Waals surface area contributed by atoms with E-state index in [1.165, 1.54) is 17.3 Å². The molecule has 1 saturated heterocycles. The Morgan fingerprint density at radius 2 is 2.00 bits per heavy atom. The van der Waals surface area contributed by atoms with Crippen molar-refractivity contribution in [2.24, 2.45) is 11.7 Å². The van der Waals surface area contributed by atoms with Crippen LogP contribution in [0.15, 0.2) is 28.0 Å². The number of aromatic nitrogens is 2. The van der Waals surface area contributed by atoms with Gasteiger partial charge in [0, 0.05) is 31.4 Å². The van der Waals surface area contributed by atoms with Gasteiger partial charge in [0.25, 0.3) is 10.9 Å². The van der Waals surface area contributed by atoms with Crippen molar-refractivity contribution < 1.29 is 19.9 Å². The molecule has 2 aromatic rings. The number of carbonyl (C=O) groups is 1. The summed E-state index contributed by atoms with van der Waals surface area (Å²) in [7, 11) is -1.48. The van der Waals surface area contributed by atoms with Crippen LogP contribution in [0, 0.1) is 5.92 Å². The lowest BCUT2D eigenvalue weighted by atomic mass is 9.78. The van der Waals surface area contributed by atoms with Gasteiger partial charge in [-0.1, -0.05) is 6.42 Å². The minimum atomic E-state index is -1.62. The van der Waals surface area contributed by atoms with Crippen LogP contribution in [0.5, 0.6) is 0 Å². The number of nitrogens with zero attached hydrogens (tertiary/aromatic N) is 3. The monoisotopic (exact) mass is 389 g/mol. The van der Waals surface area contributed by atoms with Gasteiger partial charge >= 0.3 is 13.1 Å². The van der Waals surface area contributed by atoms with Crippen LogP contribution in [0.1, 0.15) is 12.8 Å². The molecular weight excluding hydrogens is 369 g/mol. The van der Waals surface area contributed by atoms with E-state index >= 15 is 0 Å². The van der Waals surface area contributed by atoms with Crippen LogP contribution in [0.4, 0.5) is 17.3 Å². The zero-order valence-electron chi connectivity index (χ0n) is 14.9. The highest BCUT2D eigenvalue weighted by Crippen LogP contribution is 2.35. The van der Waals surface area contributed by atoms with Gasteiger partial charge in [0.15, 0.2) is 0 Å². The number of nitrogens with two attached hydrogens (primary N) is 1. The van der Waals surface area contributed by atoms with Crippen molar-refractivity contribution in [3.05, 3.63) is 38.9 Å². The summed E-state index contributed by atoms with van der Waals surface area (Å²) < 4.78 is 0. The van der Waals surface area contributed by atoms with Crippen molar-refractivity contribution in [1.29, 1.82) is 0 Å². The summed E-state index contributed by atoms with van der Waals surface area (Å²) in [5, 5.41) is 30.3. The number of anilines is 3. The lowest BCUT2D eigenvalue weighted by molar-refractivity contribution is -0.144. The first-order valence-corrected chi connectivity index (χ1v) is 8.74. The van der Waals surface area contributed by atoms with E-state index in [9.17, 15) is 19.5 Å². The average Bonchev–Trinajstić information content (AvgIpc) is 2.99. The highest BCUT2D eigenvalue weighted by Gasteiger charge is 2.50. The molecule has 1 aliphatic heterocycles. The Labute approximate surface area is 159 Å². The molecule has 1 aromatic heterocycles. The highest BCUT2D eigenvalue weighted by molar-refractivity contribution is 6.40. The normalized spacial score (nSPS) is 21.8. The molecule has 11 nitrogen and oxygen atoms in total. The zero-order chi connectivity index (χ0) is 20.5. The quantitative estimate of drug-likeness (QED) is 0.256.